The molecule has 4 rings (SSSR count). The Morgan fingerprint density at radius 3 is 2.57 bits per heavy atom. The summed E-state index contributed by atoms with van der Waals surface area (Å²) >= 11 is 0. The van der Waals surface area contributed by atoms with E-state index in [2.05, 4.69) is 55.5 Å². The van der Waals surface area contributed by atoms with Gasteiger partial charge in [-0.3, -0.25) is 4.90 Å². The van der Waals surface area contributed by atoms with E-state index in [1.807, 2.05) is 18.2 Å². The van der Waals surface area contributed by atoms with Crippen LogP contribution in [0.1, 0.15) is 18.4 Å². The van der Waals surface area contributed by atoms with Crippen molar-refractivity contribution in [2.24, 2.45) is 0 Å². The summed E-state index contributed by atoms with van der Waals surface area (Å²) in [4.78, 5) is 15.5. The second-order valence-corrected chi connectivity index (χ2v) is 7.06. The predicted molar refractivity (Wildman–Crippen MR) is 110 cm³/mol. The van der Waals surface area contributed by atoms with Gasteiger partial charge < -0.3 is 10.1 Å². The molecule has 0 radical (unpaired) electrons. The number of hydrogen-bond donors (Lipinski definition) is 1. The first-order chi connectivity index (χ1) is 13.8. The van der Waals surface area contributed by atoms with E-state index in [4.69, 9.17) is 4.74 Å². The Morgan fingerprint density at radius 1 is 1.04 bits per heavy atom. The van der Waals surface area contributed by atoms with E-state index in [1.54, 1.807) is 19.6 Å². The van der Waals surface area contributed by atoms with E-state index < -0.39 is 0 Å². The number of nitrogens with zero attached hydrogens (tertiary/aromatic N) is 4. The summed E-state index contributed by atoms with van der Waals surface area (Å²) in [5.74, 6) is 1.46. The Morgan fingerprint density at radius 2 is 1.86 bits per heavy atom. The first-order valence-corrected chi connectivity index (χ1v) is 9.65. The Hall–Kier alpha value is -2.99. The van der Waals surface area contributed by atoms with Gasteiger partial charge >= 0.3 is 0 Å². The highest BCUT2D eigenvalue weighted by atomic mass is 16.5. The third-order valence-electron chi connectivity index (χ3n) is 5.10. The topological polar surface area (TPSA) is 63.2 Å². The number of benzene rings is 1. The van der Waals surface area contributed by atoms with Crippen molar-refractivity contribution in [3.05, 3.63) is 66.6 Å². The fraction of sp³-hybridized carbons (Fsp3) is 0.318. The van der Waals surface area contributed by atoms with E-state index in [-0.39, 0.29) is 0 Å². The van der Waals surface area contributed by atoms with Gasteiger partial charge in [-0.1, -0.05) is 30.3 Å². The van der Waals surface area contributed by atoms with Crippen LogP contribution in [0.5, 0.6) is 5.88 Å². The summed E-state index contributed by atoms with van der Waals surface area (Å²) in [6, 6.07) is 16.9. The molecule has 6 nitrogen and oxygen atoms in total. The van der Waals surface area contributed by atoms with Gasteiger partial charge in [-0.2, -0.15) is 0 Å². The SMILES string of the molecule is COc1ccc(-c2cc(NC3CCN(Cc4ccccc4)CC3)ncn2)cn1. The molecule has 28 heavy (non-hydrogen) atoms. The molecule has 3 aromatic rings. The molecule has 0 amide bonds. The molecule has 0 atom stereocenters. The molecule has 0 saturated carbocycles. The Bertz CT molecular complexity index is 877. The molecule has 2 aromatic heterocycles. The van der Waals surface area contributed by atoms with Crippen molar-refractivity contribution in [3.8, 4) is 17.1 Å². The summed E-state index contributed by atoms with van der Waals surface area (Å²) in [5, 5.41) is 3.58. The van der Waals surface area contributed by atoms with Crippen LogP contribution in [0.15, 0.2) is 61.1 Å². The lowest BCUT2D eigenvalue weighted by Crippen LogP contribution is -2.38. The molecule has 1 aliphatic rings. The lowest BCUT2D eigenvalue weighted by Gasteiger charge is -2.32. The molecule has 0 unspecified atom stereocenters. The van der Waals surface area contributed by atoms with Crippen molar-refractivity contribution in [2.45, 2.75) is 25.4 Å². The third kappa shape index (κ3) is 4.64. The summed E-state index contributed by atoms with van der Waals surface area (Å²) in [5.41, 5.74) is 3.18. The highest BCUT2D eigenvalue weighted by Crippen LogP contribution is 2.22. The van der Waals surface area contributed by atoms with Gasteiger partial charge in [0.05, 0.1) is 12.8 Å². The fourth-order valence-corrected chi connectivity index (χ4v) is 3.53. The second-order valence-electron chi connectivity index (χ2n) is 7.06. The van der Waals surface area contributed by atoms with Gasteiger partial charge in [-0.15, -0.1) is 0 Å². The zero-order valence-corrected chi connectivity index (χ0v) is 16.1. The number of nitrogens with one attached hydrogen (secondary N) is 1. The Balaban J connectivity index is 1.33. The van der Waals surface area contributed by atoms with Gasteiger partial charge in [0.25, 0.3) is 0 Å². The Labute approximate surface area is 165 Å². The zero-order valence-electron chi connectivity index (χ0n) is 16.1. The minimum absolute atomic E-state index is 0.434. The van der Waals surface area contributed by atoms with E-state index >= 15 is 0 Å². The van der Waals surface area contributed by atoms with Gasteiger partial charge in [0, 0.05) is 49.6 Å². The number of anilines is 1. The molecule has 1 aliphatic heterocycles. The molecule has 1 fully saturated rings. The number of methoxy groups -OCH3 is 1. The van der Waals surface area contributed by atoms with Crippen molar-refractivity contribution >= 4 is 5.82 Å². The van der Waals surface area contributed by atoms with Gasteiger partial charge in [0.2, 0.25) is 5.88 Å². The molecule has 144 valence electrons. The standard InChI is InChI=1S/C22H25N5O/c1-28-22-8-7-18(14-23-22)20-13-21(25-16-24-20)26-19-9-11-27(12-10-19)15-17-5-3-2-4-6-17/h2-8,13-14,16,19H,9-12,15H2,1H3,(H,24,25,26). The van der Waals surface area contributed by atoms with Crippen molar-refractivity contribution < 1.29 is 4.74 Å². The molecule has 0 bridgehead atoms. The van der Waals surface area contributed by atoms with E-state index in [0.717, 1.165) is 49.6 Å². The minimum atomic E-state index is 0.434. The highest BCUT2D eigenvalue weighted by molar-refractivity contribution is 5.61. The van der Waals surface area contributed by atoms with Crippen LogP contribution in [0.25, 0.3) is 11.3 Å². The van der Waals surface area contributed by atoms with Crippen LogP contribution < -0.4 is 10.1 Å². The average molecular weight is 375 g/mol. The van der Waals surface area contributed by atoms with Gasteiger partial charge in [0.15, 0.2) is 0 Å². The smallest absolute Gasteiger partial charge is 0.212 e. The number of hydrogen-bond acceptors (Lipinski definition) is 6. The first kappa shape index (κ1) is 18.4. The number of ether oxygens (including phenoxy) is 1. The van der Waals surface area contributed by atoms with Crippen LogP contribution in [0.3, 0.4) is 0 Å². The molecule has 1 N–H and O–H groups in total. The van der Waals surface area contributed by atoms with Crippen LogP contribution in [-0.4, -0.2) is 46.1 Å². The average Bonchev–Trinajstić information content (AvgIpc) is 2.76. The molecule has 0 aliphatic carbocycles. The molecule has 1 saturated heterocycles. The second kappa shape index (κ2) is 8.80. The molecule has 3 heterocycles. The maximum Gasteiger partial charge on any atom is 0.212 e. The van der Waals surface area contributed by atoms with Gasteiger partial charge in [-0.25, -0.2) is 15.0 Å². The third-order valence-corrected chi connectivity index (χ3v) is 5.10. The molecule has 0 spiro atoms. The van der Waals surface area contributed by atoms with Crippen molar-refractivity contribution in [2.75, 3.05) is 25.5 Å². The van der Waals surface area contributed by atoms with Crippen LogP contribution >= 0.6 is 0 Å². The van der Waals surface area contributed by atoms with E-state index in [0.29, 0.717) is 11.9 Å². The number of aromatic nitrogens is 3. The molecular formula is C22H25N5O. The quantitative estimate of drug-likeness (QED) is 0.710. The summed E-state index contributed by atoms with van der Waals surface area (Å²) in [6.45, 7) is 3.20. The van der Waals surface area contributed by atoms with Crippen LogP contribution in [0.4, 0.5) is 5.82 Å². The van der Waals surface area contributed by atoms with Crippen molar-refractivity contribution in [1.29, 1.82) is 0 Å². The van der Waals surface area contributed by atoms with Crippen LogP contribution in [-0.2, 0) is 6.54 Å². The Kier molecular flexibility index (Phi) is 5.77. The van der Waals surface area contributed by atoms with E-state index in [9.17, 15) is 0 Å². The number of piperidine rings is 1. The monoisotopic (exact) mass is 375 g/mol. The first-order valence-electron chi connectivity index (χ1n) is 9.65. The number of pyridine rings is 1. The lowest BCUT2D eigenvalue weighted by atomic mass is 10.0. The van der Waals surface area contributed by atoms with Crippen LogP contribution in [0.2, 0.25) is 0 Å². The summed E-state index contributed by atoms with van der Waals surface area (Å²) in [6.07, 6.45) is 5.59. The summed E-state index contributed by atoms with van der Waals surface area (Å²) < 4.78 is 5.12. The minimum Gasteiger partial charge on any atom is -0.481 e. The summed E-state index contributed by atoms with van der Waals surface area (Å²) in [7, 11) is 1.61. The lowest BCUT2D eigenvalue weighted by molar-refractivity contribution is 0.211. The number of rotatable bonds is 6. The number of likely N-dealkylation sites (tertiary alicyclic amines) is 1. The normalized spacial score (nSPS) is 15.3. The maximum atomic E-state index is 5.12. The molecule has 1 aromatic carbocycles. The molecule has 6 heteroatoms. The largest absolute Gasteiger partial charge is 0.481 e. The highest BCUT2D eigenvalue weighted by Gasteiger charge is 2.19. The predicted octanol–water partition coefficient (Wildman–Crippen LogP) is 3.62. The van der Waals surface area contributed by atoms with Crippen LogP contribution in [0, 0.1) is 0 Å². The van der Waals surface area contributed by atoms with E-state index in [1.165, 1.54) is 5.56 Å². The van der Waals surface area contributed by atoms with Gasteiger partial charge in [-0.05, 0) is 24.5 Å². The fourth-order valence-electron chi connectivity index (χ4n) is 3.53. The zero-order chi connectivity index (χ0) is 19.2. The van der Waals surface area contributed by atoms with Gasteiger partial charge in [0.1, 0.15) is 12.1 Å². The molecular weight excluding hydrogens is 350 g/mol. The maximum absolute atomic E-state index is 5.12. The van der Waals surface area contributed by atoms with Crippen molar-refractivity contribution in [1.82, 2.24) is 19.9 Å². The van der Waals surface area contributed by atoms with Crippen molar-refractivity contribution in [3.63, 3.8) is 0 Å².